The van der Waals surface area contributed by atoms with E-state index in [0.29, 0.717) is 11.4 Å². The number of nitrogen functional groups attached to an aromatic ring is 1. The van der Waals surface area contributed by atoms with Gasteiger partial charge in [-0.05, 0) is 18.2 Å². The predicted octanol–water partition coefficient (Wildman–Crippen LogP) is 2.50. The molecule has 0 aliphatic carbocycles. The molecule has 0 fully saturated rings. The number of halogens is 1. The molecule has 0 atom stereocenters. The Bertz CT molecular complexity index is 581. The van der Waals surface area contributed by atoms with E-state index in [1.807, 2.05) is 20.8 Å². The summed E-state index contributed by atoms with van der Waals surface area (Å²) in [4.78, 5) is 4.47. The maximum Gasteiger partial charge on any atom is 0.158 e. The van der Waals surface area contributed by atoms with Gasteiger partial charge in [-0.25, -0.2) is 14.1 Å². The molecule has 18 heavy (non-hydrogen) atoms. The molecule has 0 aliphatic rings. The zero-order chi connectivity index (χ0) is 13.5. The van der Waals surface area contributed by atoms with Crippen LogP contribution in [0.3, 0.4) is 0 Å². The molecule has 1 aromatic carbocycles. The molecule has 1 heterocycles. The molecule has 5 heteroatoms. The second kappa shape index (κ2) is 4.08. The first-order valence-electron chi connectivity index (χ1n) is 5.76. The van der Waals surface area contributed by atoms with Gasteiger partial charge < -0.3 is 5.73 Å². The molecule has 0 bridgehead atoms. The van der Waals surface area contributed by atoms with E-state index in [0.717, 1.165) is 5.82 Å². The number of nitrogens with zero attached hydrogens (tertiary/aromatic N) is 3. The van der Waals surface area contributed by atoms with Crippen LogP contribution < -0.4 is 5.73 Å². The van der Waals surface area contributed by atoms with Gasteiger partial charge in [-0.3, -0.25) is 0 Å². The van der Waals surface area contributed by atoms with Crippen molar-refractivity contribution in [2.75, 3.05) is 5.73 Å². The highest BCUT2D eigenvalue weighted by molar-refractivity contribution is 5.59. The zero-order valence-electron chi connectivity index (χ0n) is 11.0. The Morgan fingerprint density at radius 3 is 2.44 bits per heavy atom. The lowest BCUT2D eigenvalue weighted by Crippen LogP contribution is -2.13. The SMILES string of the molecule is Cn1nc(C(C)(C)C)nc1-c1ccc(N)c(F)c1. The summed E-state index contributed by atoms with van der Waals surface area (Å²) >= 11 is 0. The molecule has 2 N–H and O–H groups in total. The second-order valence-corrected chi connectivity index (χ2v) is 5.37. The van der Waals surface area contributed by atoms with E-state index in [1.54, 1.807) is 17.8 Å². The molecule has 0 radical (unpaired) electrons. The van der Waals surface area contributed by atoms with E-state index in [9.17, 15) is 4.39 Å². The maximum atomic E-state index is 13.5. The van der Waals surface area contributed by atoms with Crippen LogP contribution in [0.5, 0.6) is 0 Å². The third-order valence-corrected chi connectivity index (χ3v) is 2.69. The Morgan fingerprint density at radius 2 is 1.94 bits per heavy atom. The quantitative estimate of drug-likeness (QED) is 0.789. The van der Waals surface area contributed by atoms with Gasteiger partial charge in [0.25, 0.3) is 0 Å². The molecular formula is C13H17FN4. The van der Waals surface area contributed by atoms with Crippen LogP contribution in [0.1, 0.15) is 26.6 Å². The number of hydrogen-bond acceptors (Lipinski definition) is 3. The van der Waals surface area contributed by atoms with Crippen LogP contribution in [0.15, 0.2) is 18.2 Å². The third-order valence-electron chi connectivity index (χ3n) is 2.69. The van der Waals surface area contributed by atoms with Crippen molar-refractivity contribution in [2.24, 2.45) is 7.05 Å². The number of aromatic nitrogens is 3. The van der Waals surface area contributed by atoms with Gasteiger partial charge in [-0.15, -0.1) is 0 Å². The van der Waals surface area contributed by atoms with Crippen molar-refractivity contribution in [3.05, 3.63) is 29.8 Å². The minimum atomic E-state index is -0.437. The summed E-state index contributed by atoms with van der Waals surface area (Å²) in [5.74, 6) is 0.934. The van der Waals surface area contributed by atoms with Crippen molar-refractivity contribution >= 4 is 5.69 Å². The third kappa shape index (κ3) is 2.20. The lowest BCUT2D eigenvalue weighted by molar-refractivity contribution is 0.538. The highest BCUT2D eigenvalue weighted by Gasteiger charge is 2.21. The van der Waals surface area contributed by atoms with Crippen LogP contribution in [0.2, 0.25) is 0 Å². The zero-order valence-corrected chi connectivity index (χ0v) is 11.0. The highest BCUT2D eigenvalue weighted by atomic mass is 19.1. The summed E-state index contributed by atoms with van der Waals surface area (Å²) in [7, 11) is 1.80. The van der Waals surface area contributed by atoms with Crippen LogP contribution >= 0.6 is 0 Å². The van der Waals surface area contributed by atoms with Crippen LogP contribution in [0.4, 0.5) is 10.1 Å². The molecule has 0 saturated heterocycles. The first kappa shape index (κ1) is 12.5. The fourth-order valence-corrected chi connectivity index (χ4v) is 1.62. The average Bonchev–Trinajstić information content (AvgIpc) is 2.64. The number of anilines is 1. The van der Waals surface area contributed by atoms with Crippen molar-refractivity contribution in [1.82, 2.24) is 14.8 Å². The summed E-state index contributed by atoms with van der Waals surface area (Å²) < 4.78 is 15.1. The van der Waals surface area contributed by atoms with Gasteiger partial charge >= 0.3 is 0 Å². The minimum absolute atomic E-state index is 0.136. The van der Waals surface area contributed by atoms with Crippen molar-refractivity contribution in [3.8, 4) is 11.4 Å². The Kier molecular flexibility index (Phi) is 2.84. The Hall–Kier alpha value is -1.91. The number of nitrogens with two attached hydrogens (primary N) is 1. The Labute approximate surface area is 106 Å². The van der Waals surface area contributed by atoms with Gasteiger partial charge in [-0.1, -0.05) is 20.8 Å². The predicted molar refractivity (Wildman–Crippen MR) is 69.5 cm³/mol. The average molecular weight is 248 g/mol. The summed E-state index contributed by atoms with van der Waals surface area (Å²) in [6.07, 6.45) is 0. The van der Waals surface area contributed by atoms with Crippen molar-refractivity contribution in [3.63, 3.8) is 0 Å². The van der Waals surface area contributed by atoms with Crippen LogP contribution in [-0.4, -0.2) is 14.8 Å². The largest absolute Gasteiger partial charge is 0.396 e. The van der Waals surface area contributed by atoms with E-state index >= 15 is 0 Å². The smallest absolute Gasteiger partial charge is 0.158 e. The topological polar surface area (TPSA) is 56.7 Å². The van der Waals surface area contributed by atoms with Gasteiger partial charge in [0.15, 0.2) is 11.6 Å². The molecule has 1 aromatic heterocycles. The first-order chi connectivity index (χ1) is 8.29. The molecule has 0 amide bonds. The molecule has 0 unspecified atom stereocenters. The number of aryl methyl sites for hydroxylation is 1. The summed E-state index contributed by atoms with van der Waals surface area (Å²) in [5.41, 5.74) is 6.13. The van der Waals surface area contributed by atoms with Crippen LogP contribution in [-0.2, 0) is 12.5 Å². The maximum absolute atomic E-state index is 13.5. The lowest BCUT2D eigenvalue weighted by atomic mass is 9.96. The Balaban J connectivity index is 2.51. The molecule has 4 nitrogen and oxygen atoms in total. The van der Waals surface area contributed by atoms with E-state index in [1.165, 1.54) is 12.1 Å². The van der Waals surface area contributed by atoms with Crippen LogP contribution in [0, 0.1) is 5.82 Å². The van der Waals surface area contributed by atoms with Gasteiger partial charge in [0, 0.05) is 18.0 Å². The highest BCUT2D eigenvalue weighted by Crippen LogP contribution is 2.25. The summed E-state index contributed by atoms with van der Waals surface area (Å²) in [6.45, 7) is 6.11. The van der Waals surface area contributed by atoms with Gasteiger partial charge in [0.05, 0.1) is 5.69 Å². The number of benzene rings is 1. The minimum Gasteiger partial charge on any atom is -0.396 e. The molecule has 2 aromatic rings. The molecule has 96 valence electrons. The lowest BCUT2D eigenvalue weighted by Gasteiger charge is -2.11. The fourth-order valence-electron chi connectivity index (χ4n) is 1.62. The summed E-state index contributed by atoms with van der Waals surface area (Å²) in [5, 5.41) is 4.36. The summed E-state index contributed by atoms with van der Waals surface area (Å²) in [6, 6.07) is 4.66. The molecular weight excluding hydrogens is 231 g/mol. The van der Waals surface area contributed by atoms with Crippen molar-refractivity contribution in [2.45, 2.75) is 26.2 Å². The fraction of sp³-hybridized carbons (Fsp3) is 0.385. The monoisotopic (exact) mass is 248 g/mol. The standard InChI is InChI=1S/C13H17FN4/c1-13(2,3)12-16-11(18(4)17-12)8-5-6-10(15)9(14)7-8/h5-7H,15H2,1-4H3. The Morgan fingerprint density at radius 1 is 1.28 bits per heavy atom. The van der Waals surface area contributed by atoms with E-state index < -0.39 is 5.82 Å². The number of hydrogen-bond donors (Lipinski definition) is 1. The molecule has 0 spiro atoms. The molecule has 0 aliphatic heterocycles. The molecule has 0 saturated carbocycles. The number of rotatable bonds is 1. The van der Waals surface area contributed by atoms with Crippen molar-refractivity contribution in [1.29, 1.82) is 0 Å². The van der Waals surface area contributed by atoms with Crippen molar-refractivity contribution < 1.29 is 4.39 Å². The van der Waals surface area contributed by atoms with Gasteiger partial charge in [-0.2, -0.15) is 5.10 Å². The second-order valence-electron chi connectivity index (χ2n) is 5.37. The van der Waals surface area contributed by atoms with E-state index in [2.05, 4.69) is 10.1 Å². The van der Waals surface area contributed by atoms with E-state index in [4.69, 9.17) is 5.73 Å². The first-order valence-corrected chi connectivity index (χ1v) is 5.76. The van der Waals surface area contributed by atoms with Gasteiger partial charge in [0.1, 0.15) is 5.82 Å². The van der Waals surface area contributed by atoms with Crippen LogP contribution in [0.25, 0.3) is 11.4 Å². The molecule has 2 rings (SSSR count). The van der Waals surface area contributed by atoms with Gasteiger partial charge in [0.2, 0.25) is 0 Å². The normalized spacial score (nSPS) is 11.8. The van der Waals surface area contributed by atoms with E-state index in [-0.39, 0.29) is 11.1 Å².